The van der Waals surface area contributed by atoms with Crippen LogP contribution in [0.5, 0.6) is 5.75 Å². The van der Waals surface area contributed by atoms with Crippen LogP contribution in [0, 0.1) is 0 Å². The van der Waals surface area contributed by atoms with Crippen molar-refractivity contribution in [1.82, 2.24) is 4.90 Å². The molecular weight excluding hydrogens is 256 g/mol. The Kier molecular flexibility index (Phi) is 4.98. The molecule has 1 amide bonds. The lowest BCUT2D eigenvalue weighted by Gasteiger charge is -2.33. The number of rotatable bonds is 4. The highest BCUT2D eigenvalue weighted by atomic mass is 16.5. The maximum Gasteiger partial charge on any atom is 0.241 e. The van der Waals surface area contributed by atoms with Crippen LogP contribution in [-0.2, 0) is 4.79 Å². The minimum Gasteiger partial charge on any atom is -0.496 e. The van der Waals surface area contributed by atoms with Gasteiger partial charge in [0.15, 0.2) is 0 Å². The average Bonchev–Trinajstić information content (AvgIpc) is 2.53. The van der Waals surface area contributed by atoms with E-state index in [0.717, 1.165) is 18.6 Å². The quantitative estimate of drug-likeness (QED) is 0.851. The lowest BCUT2D eigenvalue weighted by atomic mass is 9.88. The van der Waals surface area contributed by atoms with Crippen LogP contribution in [0.4, 0.5) is 0 Å². The Morgan fingerprint density at radius 2 is 2.10 bits per heavy atom. The van der Waals surface area contributed by atoms with Gasteiger partial charge in [-0.15, -0.1) is 0 Å². The fraction of sp³-hybridized carbons (Fsp3) is 0.533. The molecule has 0 bridgehead atoms. The molecule has 0 radical (unpaired) electrons. The summed E-state index contributed by atoms with van der Waals surface area (Å²) in [7, 11) is 1.68. The molecule has 2 rings (SSSR count). The topological polar surface area (TPSA) is 75.8 Å². The van der Waals surface area contributed by atoms with Crippen molar-refractivity contribution in [3.63, 3.8) is 0 Å². The summed E-state index contributed by atoms with van der Waals surface area (Å²) in [5.41, 5.74) is 6.78. The van der Waals surface area contributed by atoms with Gasteiger partial charge in [-0.25, -0.2) is 0 Å². The summed E-state index contributed by atoms with van der Waals surface area (Å²) in [5, 5.41) is 8.95. The molecule has 1 aromatic rings. The average molecular weight is 278 g/mol. The van der Waals surface area contributed by atoms with Crippen molar-refractivity contribution < 1.29 is 14.6 Å². The highest BCUT2D eigenvalue weighted by molar-refractivity contribution is 5.81. The third-order valence-electron chi connectivity index (χ3n) is 3.90. The molecule has 1 unspecified atom stereocenters. The maximum absolute atomic E-state index is 11.9. The number of carbonyl (C=O) groups excluding carboxylic acids is 1. The summed E-state index contributed by atoms with van der Waals surface area (Å²) in [6, 6.07) is 7.23. The predicted molar refractivity (Wildman–Crippen MR) is 76.6 cm³/mol. The molecule has 1 fully saturated rings. The zero-order valence-corrected chi connectivity index (χ0v) is 11.8. The number of nitrogens with zero attached hydrogens (tertiary/aromatic N) is 1. The maximum atomic E-state index is 11.9. The van der Waals surface area contributed by atoms with E-state index in [-0.39, 0.29) is 12.5 Å². The first kappa shape index (κ1) is 14.8. The minimum absolute atomic E-state index is 0.161. The van der Waals surface area contributed by atoms with Gasteiger partial charge in [-0.1, -0.05) is 18.2 Å². The first-order chi connectivity index (χ1) is 9.67. The number of nitrogens with two attached hydrogens (primary N) is 1. The SMILES string of the molecule is COc1ccccc1C1CCN(C(=O)C(N)CO)CC1. The van der Waals surface area contributed by atoms with Crippen LogP contribution < -0.4 is 10.5 Å². The Hall–Kier alpha value is -1.59. The number of piperidine rings is 1. The van der Waals surface area contributed by atoms with Crippen molar-refractivity contribution >= 4 is 5.91 Å². The van der Waals surface area contributed by atoms with E-state index in [4.69, 9.17) is 15.6 Å². The van der Waals surface area contributed by atoms with Crippen LogP contribution in [0.3, 0.4) is 0 Å². The van der Waals surface area contributed by atoms with Gasteiger partial charge in [0.25, 0.3) is 0 Å². The summed E-state index contributed by atoms with van der Waals surface area (Å²) >= 11 is 0. The highest BCUT2D eigenvalue weighted by Gasteiger charge is 2.27. The molecule has 1 saturated heterocycles. The first-order valence-corrected chi connectivity index (χ1v) is 6.95. The van der Waals surface area contributed by atoms with E-state index in [0.29, 0.717) is 19.0 Å². The zero-order valence-electron chi connectivity index (χ0n) is 11.8. The van der Waals surface area contributed by atoms with E-state index in [1.807, 2.05) is 18.2 Å². The van der Waals surface area contributed by atoms with Crippen molar-refractivity contribution in [3.05, 3.63) is 29.8 Å². The van der Waals surface area contributed by atoms with Crippen LogP contribution >= 0.6 is 0 Å². The summed E-state index contributed by atoms with van der Waals surface area (Å²) in [5.74, 6) is 1.15. The molecule has 1 heterocycles. The number of methoxy groups -OCH3 is 1. The Balaban J connectivity index is 1.99. The number of benzene rings is 1. The zero-order chi connectivity index (χ0) is 14.5. The van der Waals surface area contributed by atoms with Gasteiger partial charge >= 0.3 is 0 Å². The van der Waals surface area contributed by atoms with Gasteiger partial charge in [-0.2, -0.15) is 0 Å². The third kappa shape index (κ3) is 3.11. The number of para-hydroxylation sites is 1. The van der Waals surface area contributed by atoms with Gasteiger partial charge in [-0.05, 0) is 30.4 Å². The molecule has 20 heavy (non-hydrogen) atoms. The minimum atomic E-state index is -0.794. The molecule has 3 N–H and O–H groups in total. The largest absolute Gasteiger partial charge is 0.496 e. The molecule has 0 saturated carbocycles. The van der Waals surface area contributed by atoms with Crippen molar-refractivity contribution in [2.24, 2.45) is 5.73 Å². The fourth-order valence-electron chi connectivity index (χ4n) is 2.73. The molecule has 5 nitrogen and oxygen atoms in total. The number of carbonyl (C=O) groups is 1. The standard InChI is InChI=1S/C15H22N2O3/c1-20-14-5-3-2-4-12(14)11-6-8-17(9-7-11)15(19)13(16)10-18/h2-5,11,13,18H,6-10,16H2,1H3. The Labute approximate surface area is 119 Å². The van der Waals surface area contributed by atoms with Crippen molar-refractivity contribution in [1.29, 1.82) is 0 Å². The second-order valence-electron chi connectivity index (χ2n) is 5.13. The lowest BCUT2D eigenvalue weighted by molar-refractivity contribution is -0.134. The van der Waals surface area contributed by atoms with Gasteiger partial charge < -0.3 is 20.5 Å². The molecule has 0 aliphatic carbocycles. The van der Waals surface area contributed by atoms with Gasteiger partial charge in [-0.3, -0.25) is 4.79 Å². The van der Waals surface area contributed by atoms with Gasteiger partial charge in [0.2, 0.25) is 5.91 Å². The normalized spacial score (nSPS) is 17.9. The van der Waals surface area contributed by atoms with Crippen LogP contribution in [0.1, 0.15) is 24.3 Å². The Bertz CT molecular complexity index is 456. The predicted octanol–water partition coefficient (Wildman–Crippen LogP) is 0.721. The lowest BCUT2D eigenvalue weighted by Crippen LogP contribution is -2.48. The van der Waals surface area contributed by atoms with Crippen LogP contribution in [0.2, 0.25) is 0 Å². The van der Waals surface area contributed by atoms with E-state index in [2.05, 4.69) is 6.07 Å². The van der Waals surface area contributed by atoms with Crippen molar-refractivity contribution in [2.45, 2.75) is 24.8 Å². The monoisotopic (exact) mass is 278 g/mol. The van der Waals surface area contributed by atoms with E-state index in [9.17, 15) is 4.79 Å². The Morgan fingerprint density at radius 1 is 1.45 bits per heavy atom. The van der Waals surface area contributed by atoms with Gasteiger partial charge in [0.05, 0.1) is 13.7 Å². The fourth-order valence-corrected chi connectivity index (χ4v) is 2.73. The van der Waals surface area contributed by atoms with Crippen molar-refractivity contribution in [3.8, 4) is 5.75 Å². The number of likely N-dealkylation sites (tertiary alicyclic amines) is 1. The van der Waals surface area contributed by atoms with E-state index < -0.39 is 6.04 Å². The van der Waals surface area contributed by atoms with Crippen LogP contribution in [0.25, 0.3) is 0 Å². The van der Waals surface area contributed by atoms with E-state index in [1.165, 1.54) is 5.56 Å². The molecule has 1 aliphatic rings. The molecule has 5 heteroatoms. The smallest absolute Gasteiger partial charge is 0.241 e. The van der Waals surface area contributed by atoms with Gasteiger partial charge in [0, 0.05) is 13.1 Å². The second-order valence-corrected chi connectivity index (χ2v) is 5.13. The van der Waals surface area contributed by atoms with Crippen molar-refractivity contribution in [2.75, 3.05) is 26.8 Å². The number of aliphatic hydroxyl groups is 1. The summed E-state index contributed by atoms with van der Waals surface area (Å²) in [6.45, 7) is 1.05. The number of aliphatic hydroxyl groups excluding tert-OH is 1. The number of ether oxygens (including phenoxy) is 1. The summed E-state index contributed by atoms with van der Waals surface area (Å²) in [6.07, 6.45) is 1.79. The molecule has 1 aliphatic heterocycles. The molecule has 110 valence electrons. The highest BCUT2D eigenvalue weighted by Crippen LogP contribution is 2.33. The molecule has 0 spiro atoms. The summed E-state index contributed by atoms with van der Waals surface area (Å²) in [4.78, 5) is 13.7. The number of hydrogen-bond acceptors (Lipinski definition) is 4. The molecular formula is C15H22N2O3. The molecule has 1 aromatic carbocycles. The van der Waals surface area contributed by atoms with E-state index in [1.54, 1.807) is 12.0 Å². The second kappa shape index (κ2) is 6.72. The number of amides is 1. The summed E-state index contributed by atoms with van der Waals surface area (Å²) < 4.78 is 5.39. The Morgan fingerprint density at radius 3 is 2.70 bits per heavy atom. The van der Waals surface area contributed by atoms with E-state index >= 15 is 0 Å². The first-order valence-electron chi connectivity index (χ1n) is 6.95. The molecule has 0 aromatic heterocycles. The van der Waals surface area contributed by atoms with Crippen LogP contribution in [0.15, 0.2) is 24.3 Å². The van der Waals surface area contributed by atoms with Gasteiger partial charge in [0.1, 0.15) is 11.8 Å². The molecule has 1 atom stereocenters. The van der Waals surface area contributed by atoms with Crippen LogP contribution in [-0.4, -0.2) is 48.8 Å². The third-order valence-corrected chi connectivity index (χ3v) is 3.90. The number of hydrogen-bond donors (Lipinski definition) is 2.